The zero-order chi connectivity index (χ0) is 14.8. The molecule has 0 heterocycles. The number of hydrogen-bond donors (Lipinski definition) is 2. The number of sulfonamides is 1. The topological polar surface area (TPSA) is 83.5 Å². The molecule has 19 heavy (non-hydrogen) atoms. The maximum Gasteiger partial charge on any atom is 0.322 e. The van der Waals surface area contributed by atoms with Gasteiger partial charge in [0.05, 0.1) is 5.02 Å². The second-order valence-electron chi connectivity index (χ2n) is 4.26. The van der Waals surface area contributed by atoms with Crippen molar-refractivity contribution in [3.05, 3.63) is 28.2 Å². The third-order valence-electron chi connectivity index (χ3n) is 2.40. The number of carbonyl (C=O) groups is 1. The Morgan fingerprint density at radius 2 is 1.89 bits per heavy atom. The van der Waals surface area contributed by atoms with E-state index in [9.17, 15) is 13.2 Å². The Balaban J connectivity index is 3.14. The minimum Gasteiger partial charge on any atom is -0.480 e. The molecule has 1 rings (SSSR count). The van der Waals surface area contributed by atoms with Crippen molar-refractivity contribution in [3.8, 4) is 0 Å². The quantitative estimate of drug-likeness (QED) is 0.870. The molecular formula is C11H13Cl2NO4S. The van der Waals surface area contributed by atoms with Crippen LogP contribution in [0.15, 0.2) is 23.1 Å². The van der Waals surface area contributed by atoms with Crippen molar-refractivity contribution in [2.75, 3.05) is 0 Å². The fraction of sp³-hybridized carbons (Fsp3) is 0.364. The molecule has 1 unspecified atom stereocenters. The monoisotopic (exact) mass is 325 g/mol. The van der Waals surface area contributed by atoms with E-state index in [0.29, 0.717) is 5.02 Å². The van der Waals surface area contributed by atoms with Crippen molar-refractivity contribution in [3.63, 3.8) is 0 Å². The number of nitrogens with one attached hydrogen (secondary N) is 1. The number of halogens is 2. The standard InChI is InChI=1S/C11H13Cl2NO4S/c1-6(2)10(11(15)16)14-19(17,18)9-4-3-7(12)5-8(9)13/h3-6,10,14H,1-2H3,(H,15,16). The predicted octanol–water partition coefficient (Wildman–Crippen LogP) is 2.38. The Kier molecular flexibility index (Phi) is 5.20. The highest BCUT2D eigenvalue weighted by Crippen LogP contribution is 2.25. The highest BCUT2D eigenvalue weighted by molar-refractivity contribution is 7.89. The van der Waals surface area contributed by atoms with Gasteiger partial charge in [0.15, 0.2) is 0 Å². The zero-order valence-electron chi connectivity index (χ0n) is 10.2. The van der Waals surface area contributed by atoms with Crippen LogP contribution in [0.3, 0.4) is 0 Å². The van der Waals surface area contributed by atoms with Gasteiger partial charge in [-0.15, -0.1) is 0 Å². The largest absolute Gasteiger partial charge is 0.480 e. The molecule has 0 saturated heterocycles. The average Bonchev–Trinajstić information content (AvgIpc) is 2.24. The van der Waals surface area contributed by atoms with Crippen LogP contribution in [0, 0.1) is 5.92 Å². The lowest BCUT2D eigenvalue weighted by atomic mass is 10.1. The summed E-state index contributed by atoms with van der Waals surface area (Å²) in [5.41, 5.74) is 0. The molecule has 106 valence electrons. The van der Waals surface area contributed by atoms with E-state index in [1.165, 1.54) is 18.2 Å². The van der Waals surface area contributed by atoms with Crippen LogP contribution >= 0.6 is 23.2 Å². The minimum absolute atomic E-state index is 0.0621. The minimum atomic E-state index is -4.02. The van der Waals surface area contributed by atoms with Crippen LogP contribution < -0.4 is 4.72 Å². The maximum atomic E-state index is 12.1. The molecular weight excluding hydrogens is 313 g/mol. The molecule has 0 radical (unpaired) electrons. The van der Waals surface area contributed by atoms with Gasteiger partial charge in [-0.25, -0.2) is 8.42 Å². The molecule has 0 saturated carbocycles. The number of aliphatic carboxylic acids is 1. The lowest BCUT2D eigenvalue weighted by Gasteiger charge is -2.18. The van der Waals surface area contributed by atoms with Gasteiger partial charge in [0.2, 0.25) is 10.0 Å². The Hall–Kier alpha value is -0.820. The van der Waals surface area contributed by atoms with Gasteiger partial charge < -0.3 is 5.11 Å². The van der Waals surface area contributed by atoms with Crippen LogP contribution in [-0.4, -0.2) is 25.5 Å². The summed E-state index contributed by atoms with van der Waals surface area (Å²) < 4.78 is 26.3. The van der Waals surface area contributed by atoms with Crippen molar-refractivity contribution in [1.82, 2.24) is 4.72 Å². The Morgan fingerprint density at radius 3 is 2.32 bits per heavy atom. The summed E-state index contributed by atoms with van der Waals surface area (Å²) in [6.07, 6.45) is 0. The highest BCUT2D eigenvalue weighted by Gasteiger charge is 2.29. The van der Waals surface area contributed by atoms with Crippen molar-refractivity contribution < 1.29 is 18.3 Å². The van der Waals surface area contributed by atoms with Gasteiger partial charge in [0, 0.05) is 5.02 Å². The molecule has 2 N–H and O–H groups in total. The van der Waals surface area contributed by atoms with Crippen LogP contribution in [0.5, 0.6) is 0 Å². The van der Waals surface area contributed by atoms with Gasteiger partial charge in [-0.2, -0.15) is 4.72 Å². The van der Waals surface area contributed by atoms with Gasteiger partial charge in [-0.05, 0) is 24.1 Å². The molecule has 0 aliphatic carbocycles. The molecule has 5 nitrogen and oxygen atoms in total. The summed E-state index contributed by atoms with van der Waals surface area (Å²) in [6.45, 7) is 3.20. The molecule has 0 aromatic heterocycles. The number of benzene rings is 1. The molecule has 0 amide bonds. The molecule has 8 heteroatoms. The summed E-state index contributed by atoms with van der Waals surface area (Å²) in [5.74, 6) is -1.65. The fourth-order valence-corrected chi connectivity index (χ4v) is 3.51. The lowest BCUT2D eigenvalue weighted by Crippen LogP contribution is -2.44. The first-order chi connectivity index (χ1) is 8.65. The van der Waals surface area contributed by atoms with E-state index in [1.54, 1.807) is 13.8 Å². The lowest BCUT2D eigenvalue weighted by molar-refractivity contribution is -0.140. The number of hydrogen-bond acceptors (Lipinski definition) is 3. The third kappa shape index (κ3) is 4.07. The van der Waals surface area contributed by atoms with Crippen LogP contribution in [-0.2, 0) is 14.8 Å². The van der Waals surface area contributed by atoms with E-state index < -0.39 is 28.0 Å². The Labute approximate surface area is 121 Å². The molecule has 1 atom stereocenters. The van der Waals surface area contributed by atoms with E-state index in [0.717, 1.165) is 0 Å². The summed E-state index contributed by atoms with van der Waals surface area (Å²) in [6, 6.07) is 2.65. The first kappa shape index (κ1) is 16.2. The number of rotatable bonds is 5. The summed E-state index contributed by atoms with van der Waals surface area (Å²) in [7, 11) is -4.02. The van der Waals surface area contributed by atoms with E-state index in [-0.39, 0.29) is 9.92 Å². The van der Waals surface area contributed by atoms with Crippen molar-refractivity contribution in [2.45, 2.75) is 24.8 Å². The molecule has 1 aromatic carbocycles. The normalized spacial score (nSPS) is 13.5. The summed E-state index contributed by atoms with van der Waals surface area (Å²) >= 11 is 11.5. The second kappa shape index (κ2) is 6.09. The van der Waals surface area contributed by atoms with Crippen molar-refractivity contribution in [1.29, 1.82) is 0 Å². The fourth-order valence-electron chi connectivity index (χ4n) is 1.40. The zero-order valence-corrected chi connectivity index (χ0v) is 12.6. The average molecular weight is 326 g/mol. The van der Waals surface area contributed by atoms with E-state index in [2.05, 4.69) is 4.72 Å². The first-order valence-electron chi connectivity index (χ1n) is 5.35. The predicted molar refractivity (Wildman–Crippen MR) is 73.0 cm³/mol. The van der Waals surface area contributed by atoms with Gasteiger partial charge in [0.25, 0.3) is 0 Å². The van der Waals surface area contributed by atoms with E-state index >= 15 is 0 Å². The van der Waals surface area contributed by atoms with Crippen molar-refractivity contribution in [2.24, 2.45) is 5.92 Å². The molecule has 0 aliphatic rings. The Bertz CT molecular complexity index is 586. The second-order valence-corrected chi connectivity index (χ2v) is 6.78. The van der Waals surface area contributed by atoms with Crippen LogP contribution in [0.2, 0.25) is 10.0 Å². The Morgan fingerprint density at radius 1 is 1.32 bits per heavy atom. The molecule has 0 aliphatic heterocycles. The van der Waals surface area contributed by atoms with E-state index in [1.807, 2.05) is 0 Å². The number of carboxylic acid groups (broad SMARTS) is 1. The third-order valence-corrected chi connectivity index (χ3v) is 4.56. The van der Waals surface area contributed by atoms with E-state index in [4.69, 9.17) is 28.3 Å². The van der Waals surface area contributed by atoms with Crippen LogP contribution in [0.4, 0.5) is 0 Å². The van der Waals surface area contributed by atoms with Crippen LogP contribution in [0.25, 0.3) is 0 Å². The molecule has 0 fully saturated rings. The highest BCUT2D eigenvalue weighted by atomic mass is 35.5. The maximum absolute atomic E-state index is 12.1. The van der Waals surface area contributed by atoms with Gasteiger partial charge >= 0.3 is 5.97 Å². The summed E-state index contributed by atoms with van der Waals surface area (Å²) in [4.78, 5) is 10.8. The number of carboxylic acids is 1. The van der Waals surface area contributed by atoms with Crippen molar-refractivity contribution >= 4 is 39.2 Å². The SMILES string of the molecule is CC(C)C(NS(=O)(=O)c1ccc(Cl)cc1Cl)C(=O)O. The smallest absolute Gasteiger partial charge is 0.322 e. The molecule has 1 aromatic rings. The molecule has 0 bridgehead atoms. The van der Waals surface area contributed by atoms with Gasteiger partial charge in [-0.1, -0.05) is 37.0 Å². The van der Waals surface area contributed by atoms with Gasteiger partial charge in [0.1, 0.15) is 10.9 Å². The summed E-state index contributed by atoms with van der Waals surface area (Å²) in [5, 5.41) is 9.22. The van der Waals surface area contributed by atoms with Crippen LogP contribution in [0.1, 0.15) is 13.8 Å². The molecule has 0 spiro atoms. The van der Waals surface area contributed by atoms with Gasteiger partial charge in [-0.3, -0.25) is 4.79 Å². The first-order valence-corrected chi connectivity index (χ1v) is 7.59.